The van der Waals surface area contributed by atoms with Crippen LogP contribution in [0, 0.1) is 0 Å². The maximum absolute atomic E-state index is 13.2. The zero-order chi connectivity index (χ0) is 25.0. The molecule has 1 fully saturated rings. The van der Waals surface area contributed by atoms with Crippen molar-refractivity contribution in [1.82, 2.24) is 4.90 Å². The van der Waals surface area contributed by atoms with E-state index in [1.807, 2.05) is 13.8 Å². The van der Waals surface area contributed by atoms with Gasteiger partial charge in [-0.3, -0.25) is 9.59 Å². The normalized spacial score (nSPS) is 17.1. The molecule has 34 heavy (non-hydrogen) atoms. The van der Waals surface area contributed by atoms with Gasteiger partial charge < -0.3 is 29.0 Å². The average Bonchev–Trinajstić information content (AvgIpc) is 3.08. The highest BCUT2D eigenvalue weighted by atomic mass is 35.5. The van der Waals surface area contributed by atoms with Gasteiger partial charge in [0.15, 0.2) is 11.5 Å². The Labute approximate surface area is 203 Å². The van der Waals surface area contributed by atoms with Crippen LogP contribution in [0.25, 0.3) is 5.76 Å². The third-order valence-corrected chi connectivity index (χ3v) is 5.83. The van der Waals surface area contributed by atoms with E-state index >= 15 is 0 Å². The Morgan fingerprint density at radius 1 is 0.971 bits per heavy atom. The topological polar surface area (TPSA) is 94.5 Å². The number of benzene rings is 2. The molecular formula is C25H28ClNO7. The molecule has 0 radical (unpaired) electrons. The lowest BCUT2D eigenvalue weighted by Crippen LogP contribution is -2.30. The van der Waals surface area contributed by atoms with Crippen LogP contribution in [0.2, 0.25) is 5.02 Å². The number of aliphatic hydroxyl groups is 1. The minimum Gasteiger partial charge on any atom is -0.507 e. The number of carbonyl (C=O) groups is 2. The van der Waals surface area contributed by atoms with Gasteiger partial charge in [0.05, 0.1) is 50.1 Å². The Kier molecular flexibility index (Phi) is 7.94. The summed E-state index contributed by atoms with van der Waals surface area (Å²) in [5.74, 6) is -0.314. The highest BCUT2D eigenvalue weighted by Gasteiger charge is 2.46. The maximum atomic E-state index is 13.2. The second kappa shape index (κ2) is 10.7. The standard InChI is InChI=1S/C25H28ClNO7/c1-6-10-27-22(14-8-9-17(31-3)20(11-14)34-7-2)21(24(29)25(27)30)23(28)15-12-16(26)19(33-5)13-18(15)32-4/h8-9,11-13,22,28H,6-7,10H2,1-5H3/b23-21+. The van der Waals surface area contributed by atoms with Crippen LogP contribution in [0.1, 0.15) is 37.4 Å². The van der Waals surface area contributed by atoms with Crippen molar-refractivity contribution < 1.29 is 33.6 Å². The fourth-order valence-electron chi connectivity index (χ4n) is 4.02. The van der Waals surface area contributed by atoms with E-state index < -0.39 is 23.5 Å². The van der Waals surface area contributed by atoms with Crippen molar-refractivity contribution in [1.29, 1.82) is 0 Å². The molecule has 3 rings (SSSR count). The minimum absolute atomic E-state index is 0.0643. The van der Waals surface area contributed by atoms with Crippen LogP contribution in [0.4, 0.5) is 0 Å². The van der Waals surface area contributed by atoms with Gasteiger partial charge in [0.1, 0.15) is 17.3 Å². The summed E-state index contributed by atoms with van der Waals surface area (Å²) in [4.78, 5) is 27.6. The molecule has 0 saturated carbocycles. The van der Waals surface area contributed by atoms with E-state index in [1.54, 1.807) is 18.2 Å². The first-order valence-electron chi connectivity index (χ1n) is 10.8. The Hall–Kier alpha value is -3.39. The molecule has 1 N–H and O–H groups in total. The highest BCUT2D eigenvalue weighted by Crippen LogP contribution is 2.44. The molecule has 0 aromatic heterocycles. The quantitative estimate of drug-likeness (QED) is 0.312. The summed E-state index contributed by atoms with van der Waals surface area (Å²) in [6.45, 7) is 4.47. The second-order valence-electron chi connectivity index (χ2n) is 7.52. The molecule has 1 saturated heterocycles. The predicted octanol–water partition coefficient (Wildman–Crippen LogP) is 4.60. The van der Waals surface area contributed by atoms with Gasteiger partial charge in [-0.05, 0) is 37.1 Å². The molecule has 9 heteroatoms. The number of carbonyl (C=O) groups excluding carboxylic acids is 2. The predicted molar refractivity (Wildman–Crippen MR) is 128 cm³/mol. The van der Waals surface area contributed by atoms with Crippen LogP contribution < -0.4 is 18.9 Å². The van der Waals surface area contributed by atoms with Crippen molar-refractivity contribution in [3.8, 4) is 23.0 Å². The Balaban J connectivity index is 2.27. The molecule has 2 aromatic rings. The third kappa shape index (κ3) is 4.50. The van der Waals surface area contributed by atoms with Crippen LogP contribution in [-0.4, -0.2) is 56.2 Å². The van der Waals surface area contributed by atoms with Gasteiger partial charge in [0, 0.05) is 12.6 Å². The lowest BCUT2D eigenvalue weighted by molar-refractivity contribution is -0.139. The number of ketones is 1. The zero-order valence-corrected chi connectivity index (χ0v) is 20.6. The van der Waals surface area contributed by atoms with Crippen molar-refractivity contribution in [2.75, 3.05) is 34.5 Å². The van der Waals surface area contributed by atoms with Crippen molar-refractivity contribution in [3.05, 3.63) is 52.1 Å². The fourth-order valence-corrected chi connectivity index (χ4v) is 4.26. The molecule has 1 amide bonds. The van der Waals surface area contributed by atoms with E-state index in [0.29, 0.717) is 42.4 Å². The van der Waals surface area contributed by atoms with Crippen LogP contribution in [0.5, 0.6) is 23.0 Å². The third-order valence-electron chi connectivity index (χ3n) is 5.54. The number of nitrogens with zero attached hydrogens (tertiary/aromatic N) is 1. The largest absolute Gasteiger partial charge is 0.507 e. The van der Waals surface area contributed by atoms with Gasteiger partial charge in [0.25, 0.3) is 11.7 Å². The number of aliphatic hydroxyl groups excluding tert-OH is 1. The van der Waals surface area contributed by atoms with Crippen LogP contribution in [0.15, 0.2) is 35.9 Å². The van der Waals surface area contributed by atoms with E-state index in [-0.39, 0.29) is 21.9 Å². The summed E-state index contributed by atoms with van der Waals surface area (Å²) in [5.41, 5.74) is 0.703. The van der Waals surface area contributed by atoms with Gasteiger partial charge in [-0.1, -0.05) is 24.6 Å². The number of likely N-dealkylation sites (tertiary alicyclic amines) is 1. The van der Waals surface area contributed by atoms with E-state index in [2.05, 4.69) is 0 Å². The molecule has 0 spiro atoms. The van der Waals surface area contributed by atoms with Gasteiger partial charge >= 0.3 is 0 Å². The van der Waals surface area contributed by atoms with Gasteiger partial charge in [-0.25, -0.2) is 0 Å². The second-order valence-corrected chi connectivity index (χ2v) is 7.93. The monoisotopic (exact) mass is 489 g/mol. The first kappa shape index (κ1) is 25.2. The Morgan fingerprint density at radius 2 is 1.65 bits per heavy atom. The van der Waals surface area contributed by atoms with E-state index in [0.717, 1.165) is 0 Å². The lowest BCUT2D eigenvalue weighted by Gasteiger charge is -2.25. The number of rotatable bonds is 9. The SMILES string of the molecule is CCCN1C(=O)C(=O)/C(=C(/O)c2cc(Cl)c(OC)cc2OC)C1c1ccc(OC)c(OCC)c1. The molecule has 1 heterocycles. The summed E-state index contributed by atoms with van der Waals surface area (Å²) in [7, 11) is 4.40. The zero-order valence-electron chi connectivity index (χ0n) is 19.8. The number of hydrogen-bond donors (Lipinski definition) is 1. The van der Waals surface area contributed by atoms with Crippen LogP contribution in [0.3, 0.4) is 0 Å². The molecule has 2 aromatic carbocycles. The highest BCUT2D eigenvalue weighted by molar-refractivity contribution is 6.46. The fraction of sp³-hybridized carbons (Fsp3) is 0.360. The molecule has 8 nitrogen and oxygen atoms in total. The number of halogens is 1. The van der Waals surface area contributed by atoms with E-state index in [9.17, 15) is 14.7 Å². The number of Topliss-reactive ketones (excluding diaryl/α,β-unsaturated/α-hetero) is 1. The molecular weight excluding hydrogens is 462 g/mol. The van der Waals surface area contributed by atoms with Crippen molar-refractivity contribution >= 4 is 29.1 Å². The van der Waals surface area contributed by atoms with Gasteiger partial charge in [-0.2, -0.15) is 0 Å². The molecule has 1 atom stereocenters. The maximum Gasteiger partial charge on any atom is 0.295 e. The smallest absolute Gasteiger partial charge is 0.295 e. The summed E-state index contributed by atoms with van der Waals surface area (Å²) >= 11 is 6.29. The first-order chi connectivity index (χ1) is 16.3. The summed E-state index contributed by atoms with van der Waals surface area (Å²) in [6, 6.07) is 7.28. The number of amides is 1. The summed E-state index contributed by atoms with van der Waals surface area (Å²) in [5, 5.41) is 11.6. The van der Waals surface area contributed by atoms with Gasteiger partial charge in [-0.15, -0.1) is 0 Å². The molecule has 1 aliphatic rings. The molecule has 1 unspecified atom stereocenters. The molecule has 0 aliphatic carbocycles. The Morgan fingerprint density at radius 3 is 2.24 bits per heavy atom. The lowest BCUT2D eigenvalue weighted by atomic mass is 9.94. The molecule has 1 aliphatic heterocycles. The van der Waals surface area contributed by atoms with Gasteiger partial charge in [0.2, 0.25) is 0 Å². The molecule has 182 valence electrons. The number of methoxy groups -OCH3 is 3. The van der Waals surface area contributed by atoms with Crippen molar-refractivity contribution in [2.24, 2.45) is 0 Å². The van der Waals surface area contributed by atoms with E-state index in [4.69, 9.17) is 30.5 Å². The van der Waals surface area contributed by atoms with Crippen molar-refractivity contribution in [2.45, 2.75) is 26.3 Å². The molecule has 0 bridgehead atoms. The summed E-state index contributed by atoms with van der Waals surface area (Å²) < 4.78 is 21.7. The number of ether oxygens (including phenoxy) is 4. The Bertz CT molecular complexity index is 1130. The number of hydrogen-bond acceptors (Lipinski definition) is 7. The first-order valence-corrected chi connectivity index (χ1v) is 11.2. The van der Waals surface area contributed by atoms with E-state index in [1.165, 1.54) is 38.4 Å². The van der Waals surface area contributed by atoms with Crippen molar-refractivity contribution in [3.63, 3.8) is 0 Å². The van der Waals surface area contributed by atoms with Crippen LogP contribution in [-0.2, 0) is 9.59 Å². The minimum atomic E-state index is -0.837. The average molecular weight is 490 g/mol. The van der Waals surface area contributed by atoms with Crippen LogP contribution >= 0.6 is 11.6 Å². The summed E-state index contributed by atoms with van der Waals surface area (Å²) in [6.07, 6.45) is 0.621.